The number of benzene rings is 1. The lowest BCUT2D eigenvalue weighted by atomic mass is 9.84. The number of carbonyl (C=O) groups excluding carboxylic acids is 1. The number of aromatic nitrogens is 1. The Balaban J connectivity index is 1.83. The van der Waals surface area contributed by atoms with Gasteiger partial charge in [-0.2, -0.15) is 0 Å². The molecule has 162 valence electrons. The molecule has 1 aliphatic rings. The van der Waals surface area contributed by atoms with Gasteiger partial charge < -0.3 is 15.2 Å². The van der Waals surface area contributed by atoms with Crippen LogP contribution < -0.4 is 5.32 Å². The van der Waals surface area contributed by atoms with Crippen LogP contribution in [-0.2, 0) is 19.4 Å². The average Bonchev–Trinajstić information content (AvgIpc) is 3.21. The van der Waals surface area contributed by atoms with Crippen molar-refractivity contribution in [1.29, 1.82) is 0 Å². The standard InChI is InChI=1S/C20H24N2O6S2/c1-2-30(26,27)15-5-3-14(4-6-15)16(11-13-7-9-28-10-8-13)18(23)22-20-21-12-17(29-20)19(24)25/h3-6,12-13,16H,2,7-11H2,1H3,(H,24,25)(H,21,22,23). The number of carboxylic acids is 1. The highest BCUT2D eigenvalue weighted by molar-refractivity contribution is 7.91. The van der Waals surface area contributed by atoms with E-state index in [2.05, 4.69) is 10.3 Å². The first-order chi connectivity index (χ1) is 14.3. The summed E-state index contributed by atoms with van der Waals surface area (Å²) in [6.45, 7) is 2.90. The van der Waals surface area contributed by atoms with Crippen LogP contribution in [0.2, 0.25) is 0 Å². The van der Waals surface area contributed by atoms with Crippen LogP contribution in [0, 0.1) is 5.92 Å². The van der Waals surface area contributed by atoms with Crippen molar-refractivity contribution in [2.24, 2.45) is 5.92 Å². The van der Waals surface area contributed by atoms with E-state index in [-0.39, 0.29) is 26.6 Å². The van der Waals surface area contributed by atoms with Crippen LogP contribution in [0.5, 0.6) is 0 Å². The summed E-state index contributed by atoms with van der Waals surface area (Å²) in [5.74, 6) is -1.59. The maximum atomic E-state index is 13.1. The van der Waals surface area contributed by atoms with Crippen molar-refractivity contribution in [3.63, 3.8) is 0 Å². The minimum atomic E-state index is -3.32. The topological polar surface area (TPSA) is 123 Å². The maximum Gasteiger partial charge on any atom is 0.347 e. The molecule has 0 radical (unpaired) electrons. The highest BCUT2D eigenvalue weighted by Crippen LogP contribution is 2.32. The van der Waals surface area contributed by atoms with Gasteiger partial charge in [-0.3, -0.25) is 4.79 Å². The van der Waals surface area contributed by atoms with Crippen LogP contribution in [-0.4, -0.2) is 49.4 Å². The molecule has 30 heavy (non-hydrogen) atoms. The normalized spacial score (nSPS) is 16.2. The lowest BCUT2D eigenvalue weighted by Crippen LogP contribution is -2.26. The van der Waals surface area contributed by atoms with Gasteiger partial charge in [0.1, 0.15) is 4.88 Å². The Labute approximate surface area is 179 Å². The number of sulfone groups is 1. The van der Waals surface area contributed by atoms with E-state index >= 15 is 0 Å². The quantitative estimate of drug-likeness (QED) is 0.631. The molecule has 3 rings (SSSR count). The molecule has 1 amide bonds. The minimum Gasteiger partial charge on any atom is -0.477 e. The third-order valence-corrected chi connectivity index (χ3v) is 7.85. The van der Waals surface area contributed by atoms with Crippen molar-refractivity contribution in [2.75, 3.05) is 24.3 Å². The van der Waals surface area contributed by atoms with E-state index in [9.17, 15) is 18.0 Å². The number of nitrogens with one attached hydrogen (secondary N) is 1. The number of amides is 1. The molecule has 1 unspecified atom stereocenters. The zero-order valence-electron chi connectivity index (χ0n) is 16.5. The van der Waals surface area contributed by atoms with Gasteiger partial charge in [-0.1, -0.05) is 30.4 Å². The van der Waals surface area contributed by atoms with E-state index in [1.807, 2.05) is 0 Å². The Bertz CT molecular complexity index is 995. The summed E-state index contributed by atoms with van der Waals surface area (Å²) in [6.07, 6.45) is 3.51. The smallest absolute Gasteiger partial charge is 0.347 e. The summed E-state index contributed by atoms with van der Waals surface area (Å²) < 4.78 is 29.6. The number of hydrogen-bond donors (Lipinski definition) is 2. The van der Waals surface area contributed by atoms with E-state index in [0.29, 0.717) is 31.1 Å². The Morgan fingerprint density at radius 3 is 2.50 bits per heavy atom. The minimum absolute atomic E-state index is 0.00823. The van der Waals surface area contributed by atoms with Crippen molar-refractivity contribution in [3.8, 4) is 0 Å². The van der Waals surface area contributed by atoms with Gasteiger partial charge in [-0.05, 0) is 42.9 Å². The molecule has 1 aromatic heterocycles. The SMILES string of the molecule is CCS(=O)(=O)c1ccc(C(CC2CCOCC2)C(=O)Nc2ncc(C(=O)O)s2)cc1. The molecule has 0 saturated carbocycles. The molecule has 0 bridgehead atoms. The molecule has 2 aromatic rings. The Hall–Kier alpha value is -2.30. The second-order valence-corrected chi connectivity index (χ2v) is 10.4. The summed E-state index contributed by atoms with van der Waals surface area (Å²) in [5.41, 5.74) is 0.712. The van der Waals surface area contributed by atoms with Gasteiger partial charge in [0, 0.05) is 13.2 Å². The summed E-state index contributed by atoms with van der Waals surface area (Å²) in [6, 6.07) is 6.42. The number of nitrogens with zero attached hydrogens (tertiary/aromatic N) is 1. The van der Waals surface area contributed by atoms with E-state index in [1.54, 1.807) is 19.1 Å². The average molecular weight is 453 g/mol. The molecule has 2 heterocycles. The zero-order chi connectivity index (χ0) is 21.7. The second kappa shape index (κ2) is 9.67. The molecule has 1 aliphatic heterocycles. The summed E-state index contributed by atoms with van der Waals surface area (Å²) in [7, 11) is -3.32. The molecule has 1 saturated heterocycles. The third kappa shape index (κ3) is 5.44. The van der Waals surface area contributed by atoms with Crippen LogP contribution in [0.1, 0.15) is 47.3 Å². The number of aromatic carboxylic acids is 1. The first-order valence-electron chi connectivity index (χ1n) is 9.70. The molecule has 1 atom stereocenters. The predicted octanol–water partition coefficient (Wildman–Crippen LogP) is 3.17. The lowest BCUT2D eigenvalue weighted by Gasteiger charge is -2.26. The monoisotopic (exact) mass is 452 g/mol. The predicted molar refractivity (Wildman–Crippen MR) is 113 cm³/mol. The highest BCUT2D eigenvalue weighted by Gasteiger charge is 2.27. The molecule has 1 fully saturated rings. The van der Waals surface area contributed by atoms with Crippen molar-refractivity contribution in [2.45, 2.75) is 37.0 Å². The Morgan fingerprint density at radius 2 is 1.93 bits per heavy atom. The number of hydrogen-bond acceptors (Lipinski definition) is 7. The Kier molecular flexibility index (Phi) is 7.22. The third-order valence-electron chi connectivity index (χ3n) is 5.19. The molecule has 0 aliphatic carbocycles. The molecule has 2 N–H and O–H groups in total. The molecular weight excluding hydrogens is 428 g/mol. The van der Waals surface area contributed by atoms with Gasteiger partial charge in [0.15, 0.2) is 15.0 Å². The first-order valence-corrected chi connectivity index (χ1v) is 12.2. The largest absolute Gasteiger partial charge is 0.477 e. The van der Waals surface area contributed by atoms with Gasteiger partial charge >= 0.3 is 5.97 Å². The number of carboxylic acid groups (broad SMARTS) is 1. The fourth-order valence-corrected chi connectivity index (χ4v) is 4.95. The van der Waals surface area contributed by atoms with Crippen molar-refractivity contribution in [3.05, 3.63) is 40.9 Å². The van der Waals surface area contributed by atoms with Crippen LogP contribution in [0.25, 0.3) is 0 Å². The lowest BCUT2D eigenvalue weighted by molar-refractivity contribution is -0.118. The van der Waals surface area contributed by atoms with Gasteiger partial charge in [-0.15, -0.1) is 0 Å². The maximum absolute atomic E-state index is 13.1. The fourth-order valence-electron chi connectivity index (χ4n) is 3.41. The number of anilines is 1. The zero-order valence-corrected chi connectivity index (χ0v) is 18.2. The van der Waals surface area contributed by atoms with Crippen LogP contribution >= 0.6 is 11.3 Å². The van der Waals surface area contributed by atoms with E-state index in [4.69, 9.17) is 9.84 Å². The summed E-state index contributed by atoms with van der Waals surface area (Å²) >= 11 is 0.895. The number of thiazole rings is 1. The number of ether oxygens (including phenoxy) is 1. The molecule has 0 spiro atoms. The van der Waals surface area contributed by atoms with E-state index in [1.165, 1.54) is 18.3 Å². The van der Waals surface area contributed by atoms with Crippen molar-refractivity contribution in [1.82, 2.24) is 4.98 Å². The fraction of sp³-hybridized carbons (Fsp3) is 0.450. The van der Waals surface area contributed by atoms with E-state index in [0.717, 1.165) is 24.2 Å². The second-order valence-electron chi connectivity index (χ2n) is 7.14. The van der Waals surface area contributed by atoms with Crippen molar-refractivity contribution < 1.29 is 27.9 Å². The summed E-state index contributed by atoms with van der Waals surface area (Å²) in [4.78, 5) is 28.3. The van der Waals surface area contributed by atoms with Crippen LogP contribution in [0.4, 0.5) is 5.13 Å². The Morgan fingerprint density at radius 1 is 1.27 bits per heavy atom. The van der Waals surface area contributed by atoms with Crippen molar-refractivity contribution >= 4 is 38.2 Å². The highest BCUT2D eigenvalue weighted by atomic mass is 32.2. The van der Waals surface area contributed by atoms with E-state index < -0.39 is 21.7 Å². The summed E-state index contributed by atoms with van der Waals surface area (Å²) in [5, 5.41) is 12.0. The van der Waals surface area contributed by atoms with Crippen LogP contribution in [0.15, 0.2) is 35.4 Å². The molecule has 8 nitrogen and oxygen atoms in total. The number of rotatable bonds is 8. The van der Waals surface area contributed by atoms with Crippen LogP contribution in [0.3, 0.4) is 0 Å². The number of carbonyl (C=O) groups is 2. The molecule has 1 aromatic carbocycles. The molecular formula is C20H24N2O6S2. The van der Waals surface area contributed by atoms with Gasteiger partial charge in [0.2, 0.25) is 5.91 Å². The first kappa shape index (κ1) is 22.4. The van der Waals surface area contributed by atoms with Gasteiger partial charge in [0.05, 0.1) is 22.8 Å². The van der Waals surface area contributed by atoms with Gasteiger partial charge in [-0.25, -0.2) is 18.2 Å². The molecule has 10 heteroatoms. The van der Waals surface area contributed by atoms with Gasteiger partial charge in [0.25, 0.3) is 0 Å².